The molecule has 2 N–H and O–H groups in total. The molecule has 1 aromatic heterocycles. The van der Waals surface area contributed by atoms with E-state index in [2.05, 4.69) is 19.8 Å². The van der Waals surface area contributed by atoms with Crippen molar-refractivity contribution >= 4 is 5.95 Å². The van der Waals surface area contributed by atoms with Crippen molar-refractivity contribution in [3.8, 4) is 0 Å². The van der Waals surface area contributed by atoms with Crippen LogP contribution in [0.4, 0.5) is 5.95 Å². The van der Waals surface area contributed by atoms with E-state index >= 15 is 0 Å². The van der Waals surface area contributed by atoms with E-state index in [-0.39, 0.29) is 0 Å². The Balaban J connectivity index is 1.68. The standard InChI is InChI=1S/C15H25N5/c1-12-9-13(10-16)18-15(17-12)20-8-5-14(11-20)19-6-3-2-4-7-19/h9,14H,2-8,10-11,16H2,1H3. The Morgan fingerprint density at radius 3 is 2.75 bits per heavy atom. The van der Waals surface area contributed by atoms with Crippen molar-refractivity contribution in [1.29, 1.82) is 0 Å². The van der Waals surface area contributed by atoms with E-state index in [0.29, 0.717) is 12.6 Å². The van der Waals surface area contributed by atoms with Gasteiger partial charge in [-0.05, 0) is 45.3 Å². The average Bonchev–Trinajstić information content (AvgIpc) is 2.97. The predicted molar refractivity (Wildman–Crippen MR) is 80.7 cm³/mol. The monoisotopic (exact) mass is 275 g/mol. The molecule has 5 nitrogen and oxygen atoms in total. The van der Waals surface area contributed by atoms with Gasteiger partial charge < -0.3 is 10.6 Å². The lowest BCUT2D eigenvalue weighted by atomic mass is 10.1. The maximum Gasteiger partial charge on any atom is 0.225 e. The lowest BCUT2D eigenvalue weighted by molar-refractivity contribution is 0.174. The summed E-state index contributed by atoms with van der Waals surface area (Å²) in [6.07, 6.45) is 5.34. The van der Waals surface area contributed by atoms with Gasteiger partial charge in [0.1, 0.15) is 0 Å². The first-order chi connectivity index (χ1) is 9.76. The third-order valence-corrected chi connectivity index (χ3v) is 4.46. The number of nitrogens with zero attached hydrogens (tertiary/aromatic N) is 4. The minimum atomic E-state index is 0.486. The number of nitrogens with two attached hydrogens (primary N) is 1. The molecule has 1 atom stereocenters. The smallest absolute Gasteiger partial charge is 0.225 e. The van der Waals surface area contributed by atoms with E-state index in [1.807, 2.05) is 13.0 Å². The Labute approximate surface area is 121 Å². The molecular weight excluding hydrogens is 250 g/mol. The van der Waals surface area contributed by atoms with E-state index in [0.717, 1.165) is 30.4 Å². The summed E-state index contributed by atoms with van der Waals surface area (Å²) in [6, 6.07) is 2.66. The molecule has 0 aliphatic carbocycles. The summed E-state index contributed by atoms with van der Waals surface area (Å²) in [6.45, 7) is 7.16. The van der Waals surface area contributed by atoms with Gasteiger partial charge in [0.05, 0.1) is 5.69 Å². The number of hydrogen-bond acceptors (Lipinski definition) is 5. The lowest BCUT2D eigenvalue weighted by Gasteiger charge is -2.32. The van der Waals surface area contributed by atoms with Crippen molar-refractivity contribution < 1.29 is 0 Å². The summed E-state index contributed by atoms with van der Waals surface area (Å²) in [4.78, 5) is 14.1. The van der Waals surface area contributed by atoms with Gasteiger partial charge in [-0.2, -0.15) is 0 Å². The van der Waals surface area contributed by atoms with Gasteiger partial charge in [-0.15, -0.1) is 0 Å². The highest BCUT2D eigenvalue weighted by Gasteiger charge is 2.29. The molecule has 3 rings (SSSR count). The Morgan fingerprint density at radius 1 is 1.20 bits per heavy atom. The highest BCUT2D eigenvalue weighted by atomic mass is 15.3. The quantitative estimate of drug-likeness (QED) is 0.901. The summed E-state index contributed by atoms with van der Waals surface area (Å²) in [5.41, 5.74) is 7.66. The van der Waals surface area contributed by atoms with E-state index in [1.54, 1.807) is 0 Å². The molecule has 2 aliphatic heterocycles. The van der Waals surface area contributed by atoms with Crippen LogP contribution in [-0.4, -0.2) is 47.1 Å². The van der Waals surface area contributed by atoms with E-state index in [4.69, 9.17) is 5.73 Å². The Kier molecular flexibility index (Phi) is 4.17. The highest BCUT2D eigenvalue weighted by molar-refractivity contribution is 5.34. The van der Waals surface area contributed by atoms with Gasteiger partial charge in [0.15, 0.2) is 0 Å². The minimum Gasteiger partial charge on any atom is -0.339 e. The van der Waals surface area contributed by atoms with Crippen molar-refractivity contribution in [3.05, 3.63) is 17.5 Å². The minimum absolute atomic E-state index is 0.486. The summed E-state index contributed by atoms with van der Waals surface area (Å²) < 4.78 is 0. The number of rotatable bonds is 3. The maximum absolute atomic E-state index is 5.71. The molecule has 0 spiro atoms. The molecule has 0 aromatic carbocycles. The molecule has 1 unspecified atom stereocenters. The van der Waals surface area contributed by atoms with E-state index in [1.165, 1.54) is 38.8 Å². The first kappa shape index (κ1) is 13.8. The van der Waals surface area contributed by atoms with Crippen LogP contribution in [0.25, 0.3) is 0 Å². The Morgan fingerprint density at radius 2 is 2.00 bits per heavy atom. The molecule has 5 heteroatoms. The molecular formula is C15H25N5. The third-order valence-electron chi connectivity index (χ3n) is 4.46. The van der Waals surface area contributed by atoms with Crippen molar-refractivity contribution in [2.75, 3.05) is 31.1 Å². The van der Waals surface area contributed by atoms with Gasteiger partial charge in [-0.3, -0.25) is 4.90 Å². The Hall–Kier alpha value is -1.20. The topological polar surface area (TPSA) is 58.3 Å². The number of aromatic nitrogens is 2. The average molecular weight is 275 g/mol. The molecule has 2 saturated heterocycles. The molecule has 0 radical (unpaired) electrons. The van der Waals surface area contributed by atoms with Gasteiger partial charge in [0.2, 0.25) is 5.95 Å². The first-order valence-electron chi connectivity index (χ1n) is 7.80. The zero-order chi connectivity index (χ0) is 13.9. The van der Waals surface area contributed by atoms with Crippen molar-refractivity contribution in [1.82, 2.24) is 14.9 Å². The fourth-order valence-corrected chi connectivity index (χ4v) is 3.37. The van der Waals surface area contributed by atoms with Gasteiger partial charge in [-0.1, -0.05) is 6.42 Å². The number of aryl methyl sites for hydroxylation is 1. The molecule has 110 valence electrons. The summed E-state index contributed by atoms with van der Waals surface area (Å²) in [5.74, 6) is 0.866. The van der Waals surface area contributed by atoms with Crippen LogP contribution in [0.1, 0.15) is 37.1 Å². The van der Waals surface area contributed by atoms with Crippen LogP contribution in [0.15, 0.2) is 6.07 Å². The lowest BCUT2D eigenvalue weighted by Crippen LogP contribution is -2.41. The fraction of sp³-hybridized carbons (Fsp3) is 0.733. The maximum atomic E-state index is 5.71. The van der Waals surface area contributed by atoms with Gasteiger partial charge in [-0.25, -0.2) is 9.97 Å². The van der Waals surface area contributed by atoms with Gasteiger partial charge in [0.25, 0.3) is 0 Å². The Bertz CT molecular complexity index is 456. The normalized spacial score (nSPS) is 24.3. The van der Waals surface area contributed by atoms with Crippen LogP contribution < -0.4 is 10.6 Å². The number of hydrogen-bond donors (Lipinski definition) is 1. The molecule has 2 aliphatic rings. The van der Waals surface area contributed by atoms with Crippen LogP contribution in [0.5, 0.6) is 0 Å². The van der Waals surface area contributed by atoms with Crippen molar-refractivity contribution in [3.63, 3.8) is 0 Å². The summed E-state index contributed by atoms with van der Waals surface area (Å²) >= 11 is 0. The van der Waals surface area contributed by atoms with E-state index in [9.17, 15) is 0 Å². The molecule has 0 amide bonds. The second-order valence-electron chi connectivity index (χ2n) is 5.99. The second kappa shape index (κ2) is 6.06. The van der Waals surface area contributed by atoms with Crippen molar-refractivity contribution in [2.45, 2.75) is 45.2 Å². The van der Waals surface area contributed by atoms with E-state index < -0.39 is 0 Å². The summed E-state index contributed by atoms with van der Waals surface area (Å²) in [5, 5.41) is 0. The molecule has 0 bridgehead atoms. The zero-order valence-corrected chi connectivity index (χ0v) is 12.4. The SMILES string of the molecule is Cc1cc(CN)nc(N2CCC(N3CCCCC3)C2)n1. The van der Waals surface area contributed by atoms with Crippen molar-refractivity contribution in [2.24, 2.45) is 5.73 Å². The van der Waals surface area contributed by atoms with Gasteiger partial charge >= 0.3 is 0 Å². The largest absolute Gasteiger partial charge is 0.339 e. The first-order valence-corrected chi connectivity index (χ1v) is 7.80. The third kappa shape index (κ3) is 2.94. The molecule has 3 heterocycles. The highest BCUT2D eigenvalue weighted by Crippen LogP contribution is 2.23. The molecule has 1 aromatic rings. The molecule has 20 heavy (non-hydrogen) atoms. The van der Waals surface area contributed by atoms with Crippen LogP contribution in [0.3, 0.4) is 0 Å². The molecule has 2 fully saturated rings. The number of piperidine rings is 1. The number of likely N-dealkylation sites (tertiary alicyclic amines) is 1. The zero-order valence-electron chi connectivity index (χ0n) is 12.4. The van der Waals surface area contributed by atoms with Crippen LogP contribution in [0.2, 0.25) is 0 Å². The second-order valence-corrected chi connectivity index (χ2v) is 5.99. The molecule has 0 saturated carbocycles. The predicted octanol–water partition coefficient (Wildman–Crippen LogP) is 1.31. The number of anilines is 1. The van der Waals surface area contributed by atoms with Gasteiger partial charge in [0, 0.05) is 31.4 Å². The van der Waals surface area contributed by atoms with Crippen LogP contribution in [0, 0.1) is 6.92 Å². The van der Waals surface area contributed by atoms with Crippen LogP contribution >= 0.6 is 0 Å². The van der Waals surface area contributed by atoms with Crippen LogP contribution in [-0.2, 0) is 6.54 Å². The fourth-order valence-electron chi connectivity index (χ4n) is 3.37. The summed E-state index contributed by atoms with van der Waals surface area (Å²) in [7, 11) is 0.